The largest absolute Gasteiger partial charge is 0.478 e. The van der Waals surface area contributed by atoms with Crippen LogP contribution in [0.5, 0.6) is 0 Å². The van der Waals surface area contributed by atoms with E-state index in [1.807, 2.05) is 6.92 Å². The minimum atomic E-state index is -1.10. The third-order valence-electron chi connectivity index (χ3n) is 3.29. The summed E-state index contributed by atoms with van der Waals surface area (Å²) in [6, 6.07) is 12.7. The van der Waals surface area contributed by atoms with Crippen molar-refractivity contribution in [2.75, 3.05) is 10.6 Å². The number of carboxylic acid groups (broad SMARTS) is 1. The van der Waals surface area contributed by atoms with Crippen LogP contribution in [-0.4, -0.2) is 17.0 Å². The van der Waals surface area contributed by atoms with Gasteiger partial charge in [-0.1, -0.05) is 17.7 Å². The molecule has 6 nitrogen and oxygen atoms in total. The first-order valence-electron chi connectivity index (χ1n) is 7.18. The smallest absolute Gasteiger partial charge is 0.335 e. The minimum Gasteiger partial charge on any atom is -0.478 e. The summed E-state index contributed by atoms with van der Waals surface area (Å²) in [5, 5.41) is 24.1. The maximum Gasteiger partial charge on any atom is 0.335 e. The molecule has 3 N–H and O–H groups in total. The first-order chi connectivity index (χ1) is 11.9. The van der Waals surface area contributed by atoms with Crippen molar-refractivity contribution in [3.63, 3.8) is 0 Å². The lowest BCUT2D eigenvalue weighted by Crippen LogP contribution is -2.15. The van der Waals surface area contributed by atoms with Gasteiger partial charge in [0.05, 0.1) is 5.56 Å². The highest BCUT2D eigenvalue weighted by molar-refractivity contribution is 6.30. The molecule has 25 heavy (non-hydrogen) atoms. The van der Waals surface area contributed by atoms with E-state index in [1.54, 1.807) is 24.3 Å². The molecule has 2 aromatic carbocycles. The van der Waals surface area contributed by atoms with Crippen molar-refractivity contribution in [1.82, 2.24) is 0 Å². The van der Waals surface area contributed by atoms with Gasteiger partial charge in [-0.15, -0.1) is 0 Å². The van der Waals surface area contributed by atoms with Gasteiger partial charge >= 0.3 is 5.97 Å². The molecular weight excluding hydrogens is 342 g/mol. The van der Waals surface area contributed by atoms with E-state index in [9.17, 15) is 14.9 Å². The summed E-state index contributed by atoms with van der Waals surface area (Å²) in [6.07, 6.45) is 1.28. The van der Waals surface area contributed by atoms with Crippen LogP contribution >= 0.6 is 11.6 Å². The summed E-state index contributed by atoms with van der Waals surface area (Å²) < 4.78 is 0. The van der Waals surface area contributed by atoms with Gasteiger partial charge in [0.1, 0.15) is 11.6 Å². The number of rotatable bonds is 5. The number of nitrogens with zero attached hydrogens (tertiary/aromatic N) is 1. The van der Waals surface area contributed by atoms with E-state index in [0.717, 1.165) is 5.56 Å². The fourth-order valence-electron chi connectivity index (χ4n) is 2.02. The number of carbonyl (C=O) groups is 2. The van der Waals surface area contributed by atoms with Gasteiger partial charge in [0, 0.05) is 22.6 Å². The molecule has 0 spiro atoms. The molecule has 0 saturated heterocycles. The lowest BCUT2D eigenvalue weighted by molar-refractivity contribution is -0.112. The summed E-state index contributed by atoms with van der Waals surface area (Å²) in [7, 11) is 0. The highest BCUT2D eigenvalue weighted by atomic mass is 35.5. The van der Waals surface area contributed by atoms with Crippen LogP contribution in [0.4, 0.5) is 11.4 Å². The number of nitrogens with one attached hydrogen (secondary N) is 2. The quantitative estimate of drug-likeness (QED) is 0.559. The van der Waals surface area contributed by atoms with E-state index in [1.165, 1.54) is 30.5 Å². The normalized spacial score (nSPS) is 10.7. The SMILES string of the molecule is Cc1cc(Cl)ccc1N/C=C(/C#N)C(=O)Nc1cccc(C(=O)O)c1. The van der Waals surface area contributed by atoms with E-state index in [-0.39, 0.29) is 16.8 Å². The number of hydrogen-bond acceptors (Lipinski definition) is 4. The van der Waals surface area contributed by atoms with Crippen molar-refractivity contribution in [3.05, 3.63) is 70.4 Å². The van der Waals surface area contributed by atoms with Crippen LogP contribution in [0.2, 0.25) is 5.02 Å². The molecule has 0 fully saturated rings. The average Bonchev–Trinajstić information content (AvgIpc) is 2.57. The van der Waals surface area contributed by atoms with E-state index in [2.05, 4.69) is 10.6 Å². The van der Waals surface area contributed by atoms with Crippen LogP contribution in [0, 0.1) is 18.3 Å². The third-order valence-corrected chi connectivity index (χ3v) is 3.53. The van der Waals surface area contributed by atoms with Gasteiger partial charge in [-0.25, -0.2) is 4.79 Å². The fraction of sp³-hybridized carbons (Fsp3) is 0.0556. The van der Waals surface area contributed by atoms with Gasteiger partial charge in [0.2, 0.25) is 0 Å². The molecule has 7 heteroatoms. The molecule has 2 rings (SSSR count). The van der Waals surface area contributed by atoms with Crippen molar-refractivity contribution in [3.8, 4) is 6.07 Å². The Morgan fingerprint density at radius 1 is 1.24 bits per heavy atom. The molecule has 0 heterocycles. The number of benzene rings is 2. The van der Waals surface area contributed by atoms with E-state index in [0.29, 0.717) is 10.7 Å². The zero-order chi connectivity index (χ0) is 18.4. The van der Waals surface area contributed by atoms with Gasteiger partial charge in [-0.3, -0.25) is 4.79 Å². The maximum absolute atomic E-state index is 12.2. The van der Waals surface area contributed by atoms with Crippen LogP contribution in [0.1, 0.15) is 15.9 Å². The van der Waals surface area contributed by atoms with E-state index in [4.69, 9.17) is 16.7 Å². The second-order valence-electron chi connectivity index (χ2n) is 5.11. The molecular formula is C18H14ClN3O3. The second-order valence-corrected chi connectivity index (χ2v) is 5.55. The summed E-state index contributed by atoms with van der Waals surface area (Å²) >= 11 is 5.88. The molecule has 0 aromatic heterocycles. The molecule has 0 atom stereocenters. The van der Waals surface area contributed by atoms with Gasteiger partial charge < -0.3 is 15.7 Å². The predicted octanol–water partition coefficient (Wildman–Crippen LogP) is 3.80. The standard InChI is InChI=1S/C18H14ClN3O3/c1-11-7-14(19)5-6-16(11)21-10-13(9-20)17(23)22-15-4-2-3-12(8-15)18(24)25/h2-8,10,21H,1H3,(H,22,23)(H,24,25)/b13-10-. The highest BCUT2D eigenvalue weighted by Gasteiger charge is 2.11. The van der Waals surface area contributed by atoms with Gasteiger partial charge in [0.25, 0.3) is 5.91 Å². The van der Waals surface area contributed by atoms with Crippen LogP contribution < -0.4 is 10.6 Å². The molecule has 1 amide bonds. The Morgan fingerprint density at radius 3 is 2.64 bits per heavy atom. The molecule has 0 aliphatic rings. The molecule has 0 bridgehead atoms. The molecule has 0 unspecified atom stereocenters. The summed E-state index contributed by atoms with van der Waals surface area (Å²) in [6.45, 7) is 1.84. The first kappa shape index (κ1) is 18.0. The van der Waals surface area contributed by atoms with Crippen molar-refractivity contribution >= 4 is 34.9 Å². The number of amides is 1. The number of halogens is 1. The number of nitriles is 1. The maximum atomic E-state index is 12.2. The van der Waals surface area contributed by atoms with Crippen molar-refractivity contribution in [1.29, 1.82) is 5.26 Å². The molecule has 0 aliphatic heterocycles. The lowest BCUT2D eigenvalue weighted by Gasteiger charge is -2.08. The second kappa shape index (κ2) is 7.99. The highest BCUT2D eigenvalue weighted by Crippen LogP contribution is 2.20. The molecule has 0 radical (unpaired) electrons. The predicted molar refractivity (Wildman–Crippen MR) is 95.5 cm³/mol. The Hall–Kier alpha value is -3.30. The third kappa shape index (κ3) is 4.83. The monoisotopic (exact) mass is 355 g/mol. The Bertz CT molecular complexity index is 901. The van der Waals surface area contributed by atoms with Crippen molar-refractivity contribution < 1.29 is 14.7 Å². The lowest BCUT2D eigenvalue weighted by atomic mass is 10.2. The van der Waals surface area contributed by atoms with Crippen LogP contribution in [0.15, 0.2) is 54.2 Å². The summed E-state index contributed by atoms with van der Waals surface area (Å²) in [5.74, 6) is -1.75. The molecule has 2 aromatic rings. The Balaban J connectivity index is 2.14. The van der Waals surface area contributed by atoms with Crippen molar-refractivity contribution in [2.45, 2.75) is 6.92 Å². The number of aromatic carboxylic acids is 1. The topological polar surface area (TPSA) is 102 Å². The van der Waals surface area contributed by atoms with E-state index < -0.39 is 11.9 Å². The minimum absolute atomic E-state index is 0.0372. The Labute approximate surface area is 149 Å². The number of anilines is 2. The average molecular weight is 356 g/mol. The van der Waals surface area contributed by atoms with Crippen LogP contribution in [0.3, 0.4) is 0 Å². The fourth-order valence-corrected chi connectivity index (χ4v) is 2.24. The van der Waals surface area contributed by atoms with E-state index >= 15 is 0 Å². The zero-order valence-electron chi connectivity index (χ0n) is 13.2. The molecule has 0 aliphatic carbocycles. The molecule has 0 saturated carbocycles. The first-order valence-corrected chi connectivity index (χ1v) is 7.56. The Kier molecular flexibility index (Phi) is 5.77. The van der Waals surface area contributed by atoms with Crippen molar-refractivity contribution in [2.24, 2.45) is 0 Å². The molecule has 126 valence electrons. The van der Waals surface area contributed by atoms with Gasteiger partial charge in [-0.2, -0.15) is 5.26 Å². The zero-order valence-corrected chi connectivity index (χ0v) is 14.0. The number of hydrogen-bond donors (Lipinski definition) is 3. The van der Waals surface area contributed by atoms with Crippen LogP contribution in [-0.2, 0) is 4.79 Å². The van der Waals surface area contributed by atoms with Gasteiger partial charge in [0.15, 0.2) is 0 Å². The Morgan fingerprint density at radius 2 is 2.00 bits per heavy atom. The number of aryl methyl sites for hydroxylation is 1. The summed E-state index contributed by atoms with van der Waals surface area (Å²) in [4.78, 5) is 23.1. The number of carbonyl (C=O) groups excluding carboxylic acids is 1. The summed E-state index contributed by atoms with van der Waals surface area (Å²) in [5.41, 5.74) is 1.73. The number of carboxylic acids is 1. The van der Waals surface area contributed by atoms with Crippen LogP contribution in [0.25, 0.3) is 0 Å². The van der Waals surface area contributed by atoms with Gasteiger partial charge in [-0.05, 0) is 48.9 Å².